The Labute approximate surface area is 204 Å². The second kappa shape index (κ2) is 12.0. The molecule has 2 aromatic rings. The number of carbonyl (C=O) groups is 3. The lowest BCUT2D eigenvalue weighted by molar-refractivity contribution is -0.129. The smallest absolute Gasteiger partial charge is 0.240 e. The molecule has 186 valence electrons. The lowest BCUT2D eigenvalue weighted by atomic mass is 9.97. The van der Waals surface area contributed by atoms with Crippen LogP contribution >= 0.6 is 0 Å². The van der Waals surface area contributed by atoms with Crippen LogP contribution in [0.1, 0.15) is 24.8 Å². The molecule has 10 N–H and O–H groups in total. The Kier molecular flexibility index (Phi) is 8.80. The normalized spacial score (nSPS) is 18.5. The van der Waals surface area contributed by atoms with Crippen LogP contribution in [0.4, 0.5) is 0 Å². The van der Waals surface area contributed by atoms with Gasteiger partial charge in [0.05, 0.1) is 12.0 Å². The average Bonchev–Trinajstić information content (AvgIpc) is 3.29. The maximum atomic E-state index is 12.9. The molecular weight excluding hydrogens is 446 g/mol. The molecule has 4 atom stereocenters. The quantitative estimate of drug-likeness (QED) is 0.112. The van der Waals surface area contributed by atoms with E-state index in [4.69, 9.17) is 22.9 Å². The first-order chi connectivity index (χ1) is 16.7. The van der Waals surface area contributed by atoms with Crippen molar-refractivity contribution < 1.29 is 14.4 Å². The maximum Gasteiger partial charge on any atom is 0.240 e. The highest BCUT2D eigenvalue weighted by Gasteiger charge is 2.29. The van der Waals surface area contributed by atoms with Gasteiger partial charge in [0.2, 0.25) is 17.7 Å². The second-order valence-corrected chi connectivity index (χ2v) is 8.70. The fraction of sp³-hybridized carbons (Fsp3) is 0.360. The summed E-state index contributed by atoms with van der Waals surface area (Å²) >= 11 is 0. The Morgan fingerprint density at radius 1 is 1.03 bits per heavy atom. The summed E-state index contributed by atoms with van der Waals surface area (Å²) in [5.41, 5.74) is 23.0. The minimum absolute atomic E-state index is 0.000807. The number of fused-ring (bicyclic) bond motifs is 1. The van der Waals surface area contributed by atoms with E-state index in [1.165, 1.54) is 0 Å². The minimum atomic E-state index is -0.853. The molecule has 0 aromatic heterocycles. The number of carbonyl (C=O) groups excluding carboxylic acids is 3. The second-order valence-electron chi connectivity index (χ2n) is 8.70. The number of hydrogen-bond acceptors (Lipinski definition) is 5. The molecule has 0 saturated carbocycles. The van der Waals surface area contributed by atoms with E-state index in [-0.39, 0.29) is 30.2 Å². The zero-order chi connectivity index (χ0) is 25.4. The molecule has 1 aliphatic carbocycles. The molecule has 0 bridgehead atoms. The summed E-state index contributed by atoms with van der Waals surface area (Å²) in [6, 6.07) is 11.8. The molecule has 10 heteroatoms. The zero-order valence-electron chi connectivity index (χ0n) is 19.5. The first-order valence-corrected chi connectivity index (χ1v) is 11.6. The topological polar surface area (TPSA) is 192 Å². The third-order valence-electron chi connectivity index (χ3n) is 6.02. The Morgan fingerprint density at radius 2 is 1.77 bits per heavy atom. The molecule has 35 heavy (non-hydrogen) atoms. The lowest BCUT2D eigenvalue weighted by Crippen LogP contribution is -2.48. The number of nitrogens with two attached hydrogens (primary N) is 4. The first kappa shape index (κ1) is 25.7. The molecule has 1 aliphatic rings. The number of nitrogens with one attached hydrogen (secondary N) is 2. The van der Waals surface area contributed by atoms with E-state index in [1.54, 1.807) is 12.2 Å². The average molecular weight is 480 g/mol. The molecule has 0 heterocycles. The molecule has 10 nitrogen and oxygen atoms in total. The Balaban J connectivity index is 1.52. The summed E-state index contributed by atoms with van der Waals surface area (Å²) in [6.45, 7) is 0.398. The molecule has 2 aromatic carbocycles. The molecule has 0 fully saturated rings. The number of hydrogen-bond donors (Lipinski definition) is 6. The van der Waals surface area contributed by atoms with Crippen molar-refractivity contribution in [2.45, 2.75) is 43.8 Å². The van der Waals surface area contributed by atoms with Gasteiger partial charge in [-0.3, -0.25) is 19.4 Å². The summed E-state index contributed by atoms with van der Waals surface area (Å²) in [7, 11) is 0. The molecule has 0 unspecified atom stereocenters. The summed E-state index contributed by atoms with van der Waals surface area (Å²) in [5, 5.41) is 7.67. The van der Waals surface area contributed by atoms with E-state index in [0.717, 1.165) is 16.3 Å². The fourth-order valence-electron chi connectivity index (χ4n) is 4.13. The van der Waals surface area contributed by atoms with E-state index < -0.39 is 23.9 Å². The maximum absolute atomic E-state index is 12.9. The Morgan fingerprint density at radius 3 is 2.51 bits per heavy atom. The number of rotatable bonds is 11. The van der Waals surface area contributed by atoms with Crippen molar-refractivity contribution in [3.05, 3.63) is 60.2 Å². The molecule has 3 rings (SSSR count). The van der Waals surface area contributed by atoms with Gasteiger partial charge in [-0.25, -0.2) is 0 Å². The number of primary amides is 1. The van der Waals surface area contributed by atoms with E-state index in [0.29, 0.717) is 25.8 Å². The van der Waals surface area contributed by atoms with Crippen LogP contribution in [-0.2, 0) is 20.8 Å². The van der Waals surface area contributed by atoms with Crippen LogP contribution in [0.15, 0.2) is 59.6 Å². The minimum Gasteiger partial charge on any atom is -0.370 e. The summed E-state index contributed by atoms with van der Waals surface area (Å²) in [6.07, 6.45) is 5.14. The van der Waals surface area contributed by atoms with Crippen molar-refractivity contribution >= 4 is 34.5 Å². The van der Waals surface area contributed by atoms with E-state index in [9.17, 15) is 14.4 Å². The lowest BCUT2D eigenvalue weighted by Gasteiger charge is -2.20. The number of amides is 3. The highest BCUT2D eigenvalue weighted by molar-refractivity contribution is 5.91. The molecule has 3 amide bonds. The third-order valence-corrected chi connectivity index (χ3v) is 6.02. The van der Waals surface area contributed by atoms with Gasteiger partial charge in [-0.15, -0.1) is 0 Å². The largest absolute Gasteiger partial charge is 0.370 e. The van der Waals surface area contributed by atoms with E-state index in [1.807, 2.05) is 42.5 Å². The van der Waals surface area contributed by atoms with Crippen molar-refractivity contribution in [3.63, 3.8) is 0 Å². The highest BCUT2D eigenvalue weighted by Crippen LogP contribution is 2.21. The van der Waals surface area contributed by atoms with Crippen LogP contribution < -0.4 is 33.6 Å². The van der Waals surface area contributed by atoms with Crippen molar-refractivity contribution in [3.8, 4) is 0 Å². The van der Waals surface area contributed by atoms with Gasteiger partial charge < -0.3 is 33.6 Å². The van der Waals surface area contributed by atoms with Gasteiger partial charge in [0.1, 0.15) is 6.04 Å². The predicted octanol–water partition coefficient (Wildman–Crippen LogP) is -0.206. The van der Waals surface area contributed by atoms with Gasteiger partial charge in [0.15, 0.2) is 5.96 Å². The van der Waals surface area contributed by atoms with Crippen molar-refractivity contribution in [2.24, 2.45) is 33.8 Å². The van der Waals surface area contributed by atoms with Gasteiger partial charge in [0.25, 0.3) is 0 Å². The summed E-state index contributed by atoms with van der Waals surface area (Å²) < 4.78 is 0. The highest BCUT2D eigenvalue weighted by atomic mass is 16.2. The van der Waals surface area contributed by atoms with Crippen molar-refractivity contribution in [1.82, 2.24) is 10.6 Å². The monoisotopic (exact) mass is 479 g/mol. The molecule has 0 aliphatic heterocycles. The van der Waals surface area contributed by atoms with Crippen LogP contribution in [-0.4, -0.2) is 48.4 Å². The fourth-order valence-corrected chi connectivity index (χ4v) is 4.13. The SMILES string of the molecule is NC(=O)[C@H](Cc1cccc2ccccc12)NC(=O)[C@@H]1C=C[C@H](NC(=O)[C@@H](N)CCCN=C(N)N)C1. The standard InChI is InChI=1S/C25H33N7O3/c26-20(9-4-12-30-25(28)29)24(35)31-18-11-10-17(13-18)23(34)32-21(22(27)33)14-16-7-3-6-15-5-1-2-8-19(15)16/h1-3,5-8,10-11,17-18,20-21H,4,9,12-14,26H2,(H2,27,33)(H,31,35)(H,32,34)(H4,28,29,30)/t17-,18+,20+,21+/m1/s1. The predicted molar refractivity (Wildman–Crippen MR) is 136 cm³/mol. The summed E-state index contributed by atoms with van der Waals surface area (Å²) in [5.74, 6) is -1.73. The number of benzene rings is 2. The zero-order valence-corrected chi connectivity index (χ0v) is 19.5. The van der Waals surface area contributed by atoms with Crippen LogP contribution in [0.25, 0.3) is 10.8 Å². The van der Waals surface area contributed by atoms with Crippen LogP contribution in [0.2, 0.25) is 0 Å². The summed E-state index contributed by atoms with van der Waals surface area (Å²) in [4.78, 5) is 41.2. The molecule has 0 radical (unpaired) electrons. The number of nitrogens with zero attached hydrogens (tertiary/aromatic N) is 1. The van der Waals surface area contributed by atoms with Gasteiger partial charge in [-0.05, 0) is 35.6 Å². The van der Waals surface area contributed by atoms with Gasteiger partial charge in [-0.2, -0.15) is 0 Å². The number of aliphatic imine (C=N–C) groups is 1. The van der Waals surface area contributed by atoms with Gasteiger partial charge in [-0.1, -0.05) is 54.6 Å². The molecular formula is C25H33N7O3. The van der Waals surface area contributed by atoms with Crippen LogP contribution in [0.3, 0.4) is 0 Å². The Bertz CT molecular complexity index is 1120. The molecule has 0 spiro atoms. The Hall–Kier alpha value is -3.92. The van der Waals surface area contributed by atoms with Gasteiger partial charge >= 0.3 is 0 Å². The van der Waals surface area contributed by atoms with E-state index in [2.05, 4.69) is 15.6 Å². The third kappa shape index (κ3) is 7.28. The van der Waals surface area contributed by atoms with Crippen LogP contribution in [0, 0.1) is 5.92 Å². The van der Waals surface area contributed by atoms with Crippen LogP contribution in [0.5, 0.6) is 0 Å². The van der Waals surface area contributed by atoms with Crippen molar-refractivity contribution in [1.29, 1.82) is 0 Å². The van der Waals surface area contributed by atoms with E-state index >= 15 is 0 Å². The first-order valence-electron chi connectivity index (χ1n) is 11.6. The molecule has 0 saturated heterocycles. The number of guanidine groups is 1. The van der Waals surface area contributed by atoms with Gasteiger partial charge in [0, 0.05) is 19.0 Å². The van der Waals surface area contributed by atoms with Crippen molar-refractivity contribution in [2.75, 3.05) is 6.54 Å².